The van der Waals surface area contributed by atoms with Crippen molar-refractivity contribution in [3.8, 4) is 5.75 Å². The van der Waals surface area contributed by atoms with Crippen LogP contribution in [0.1, 0.15) is 13.8 Å². The van der Waals surface area contributed by atoms with Crippen LogP contribution in [0.4, 0.5) is 0 Å². The summed E-state index contributed by atoms with van der Waals surface area (Å²) >= 11 is 0. The lowest BCUT2D eigenvalue weighted by molar-refractivity contribution is -0.129. The summed E-state index contributed by atoms with van der Waals surface area (Å²) in [5.74, 6) is -0.0794. The van der Waals surface area contributed by atoms with E-state index >= 15 is 0 Å². The zero-order valence-electron chi connectivity index (χ0n) is 9.18. The van der Waals surface area contributed by atoms with Crippen LogP contribution in [0.5, 0.6) is 5.75 Å². The van der Waals surface area contributed by atoms with E-state index in [0.717, 1.165) is 5.57 Å². The van der Waals surface area contributed by atoms with E-state index in [0.29, 0.717) is 11.2 Å². The molecule has 0 radical (unpaired) electrons. The van der Waals surface area contributed by atoms with Gasteiger partial charge in [0.2, 0.25) is 0 Å². The molecule has 1 aromatic carbocycles. The Morgan fingerprint density at radius 2 is 1.81 bits per heavy atom. The molecular weight excluding hydrogens is 207 g/mol. The van der Waals surface area contributed by atoms with E-state index in [9.17, 15) is 4.79 Å². The predicted octanol–water partition coefficient (Wildman–Crippen LogP) is 0.238. The van der Waals surface area contributed by atoms with Gasteiger partial charge in [-0.05, 0) is 31.4 Å². The smallest absolute Gasteiger partial charge is 0.423 e. The number of carbonyl (C=O) groups excluding carboxylic acids is 1. The highest BCUT2D eigenvalue weighted by Gasteiger charge is 2.10. The first-order valence-electron chi connectivity index (χ1n) is 4.82. The second kappa shape index (κ2) is 5.49. The van der Waals surface area contributed by atoms with Gasteiger partial charge in [0.05, 0.1) is 0 Å². The van der Waals surface area contributed by atoms with Crippen LogP contribution in [-0.2, 0) is 4.79 Å². The van der Waals surface area contributed by atoms with Crippen LogP contribution in [0.25, 0.3) is 0 Å². The highest BCUT2D eigenvalue weighted by Crippen LogP contribution is 2.08. The van der Waals surface area contributed by atoms with E-state index in [-0.39, 0.29) is 0 Å². The Morgan fingerprint density at radius 3 is 2.25 bits per heavy atom. The second-order valence-corrected chi connectivity index (χ2v) is 3.59. The van der Waals surface area contributed by atoms with Crippen LogP contribution < -0.4 is 10.2 Å². The van der Waals surface area contributed by atoms with Gasteiger partial charge in [-0.1, -0.05) is 17.7 Å². The number of hydrogen-bond donors (Lipinski definition) is 2. The van der Waals surface area contributed by atoms with Crippen LogP contribution in [0, 0.1) is 0 Å². The predicted molar refractivity (Wildman–Crippen MR) is 61.3 cm³/mol. The maximum Gasteiger partial charge on any atom is 0.488 e. The Balaban J connectivity index is 2.69. The molecule has 0 aliphatic carbocycles. The van der Waals surface area contributed by atoms with Gasteiger partial charge in [0.25, 0.3) is 0 Å². The monoisotopic (exact) mass is 220 g/mol. The first kappa shape index (κ1) is 12.5. The standard InChI is InChI=1S/C11H13BO4/c1-8(2)7-11(13)16-10-5-3-9(4-6-10)12(14)15/h3-7,14-15H,1-2H3. The van der Waals surface area contributed by atoms with Crippen molar-refractivity contribution in [2.75, 3.05) is 0 Å². The van der Waals surface area contributed by atoms with Crippen molar-refractivity contribution in [3.63, 3.8) is 0 Å². The molecule has 4 nitrogen and oxygen atoms in total. The van der Waals surface area contributed by atoms with Crippen LogP contribution in [-0.4, -0.2) is 23.1 Å². The van der Waals surface area contributed by atoms with Crippen molar-refractivity contribution in [1.82, 2.24) is 0 Å². The summed E-state index contributed by atoms with van der Waals surface area (Å²) in [6, 6.07) is 5.97. The Bertz CT molecular complexity index is 391. The zero-order chi connectivity index (χ0) is 12.1. The van der Waals surface area contributed by atoms with Gasteiger partial charge < -0.3 is 14.8 Å². The Labute approximate surface area is 94.3 Å². The molecule has 0 spiro atoms. The topological polar surface area (TPSA) is 66.8 Å². The average molecular weight is 220 g/mol. The van der Waals surface area contributed by atoms with Crippen LogP contribution in [0.15, 0.2) is 35.9 Å². The minimum Gasteiger partial charge on any atom is -0.423 e. The highest BCUT2D eigenvalue weighted by atomic mass is 16.5. The fraction of sp³-hybridized carbons (Fsp3) is 0.182. The van der Waals surface area contributed by atoms with Gasteiger partial charge in [-0.15, -0.1) is 0 Å². The number of allylic oxidation sites excluding steroid dienone is 1. The van der Waals surface area contributed by atoms with Crippen molar-refractivity contribution in [2.45, 2.75) is 13.8 Å². The van der Waals surface area contributed by atoms with E-state index in [4.69, 9.17) is 14.8 Å². The van der Waals surface area contributed by atoms with Crippen molar-refractivity contribution in [1.29, 1.82) is 0 Å². The van der Waals surface area contributed by atoms with Gasteiger partial charge in [-0.3, -0.25) is 0 Å². The maximum atomic E-state index is 11.2. The van der Waals surface area contributed by atoms with Crippen molar-refractivity contribution in [2.24, 2.45) is 0 Å². The van der Waals surface area contributed by atoms with Gasteiger partial charge in [0.1, 0.15) is 5.75 Å². The summed E-state index contributed by atoms with van der Waals surface area (Å²) < 4.78 is 4.98. The molecule has 84 valence electrons. The molecule has 5 heteroatoms. The van der Waals surface area contributed by atoms with Crippen molar-refractivity contribution in [3.05, 3.63) is 35.9 Å². The van der Waals surface area contributed by atoms with Gasteiger partial charge >= 0.3 is 13.1 Å². The normalized spacial score (nSPS) is 9.50. The summed E-state index contributed by atoms with van der Waals surface area (Å²) in [6.07, 6.45) is 1.38. The van der Waals surface area contributed by atoms with Gasteiger partial charge in [-0.25, -0.2) is 4.79 Å². The molecule has 0 aromatic heterocycles. The van der Waals surface area contributed by atoms with E-state index in [1.54, 1.807) is 13.8 Å². The maximum absolute atomic E-state index is 11.2. The fourth-order valence-electron chi connectivity index (χ4n) is 1.09. The number of benzene rings is 1. The summed E-state index contributed by atoms with van der Waals surface area (Å²) in [4.78, 5) is 11.2. The van der Waals surface area contributed by atoms with Crippen molar-refractivity contribution >= 4 is 18.6 Å². The van der Waals surface area contributed by atoms with Gasteiger partial charge in [-0.2, -0.15) is 0 Å². The highest BCUT2D eigenvalue weighted by molar-refractivity contribution is 6.58. The molecule has 16 heavy (non-hydrogen) atoms. The van der Waals surface area contributed by atoms with E-state index in [2.05, 4.69) is 0 Å². The van der Waals surface area contributed by atoms with Crippen LogP contribution in [0.2, 0.25) is 0 Å². The third-order valence-electron chi connectivity index (χ3n) is 1.80. The quantitative estimate of drug-likeness (QED) is 0.331. The lowest BCUT2D eigenvalue weighted by atomic mass is 9.80. The summed E-state index contributed by atoms with van der Waals surface area (Å²) in [5, 5.41) is 17.7. The molecule has 0 saturated carbocycles. The molecule has 0 atom stereocenters. The minimum atomic E-state index is -1.51. The lowest BCUT2D eigenvalue weighted by Crippen LogP contribution is -2.29. The molecular formula is C11H13BO4. The SMILES string of the molecule is CC(C)=CC(=O)Oc1ccc(B(O)O)cc1. The molecule has 2 N–H and O–H groups in total. The summed E-state index contributed by atoms with van der Waals surface area (Å²) in [6.45, 7) is 3.60. The van der Waals surface area contributed by atoms with E-state index < -0.39 is 13.1 Å². The molecule has 0 unspecified atom stereocenters. The Kier molecular flexibility index (Phi) is 4.28. The lowest BCUT2D eigenvalue weighted by Gasteiger charge is -2.03. The second-order valence-electron chi connectivity index (χ2n) is 3.59. The van der Waals surface area contributed by atoms with Crippen LogP contribution in [0.3, 0.4) is 0 Å². The van der Waals surface area contributed by atoms with E-state index in [1.165, 1.54) is 30.3 Å². The van der Waals surface area contributed by atoms with Crippen molar-refractivity contribution < 1.29 is 19.6 Å². The van der Waals surface area contributed by atoms with Gasteiger partial charge in [0, 0.05) is 6.08 Å². The average Bonchev–Trinajstić information content (AvgIpc) is 2.16. The number of hydrogen-bond acceptors (Lipinski definition) is 4. The number of ether oxygens (including phenoxy) is 1. The third kappa shape index (κ3) is 3.88. The van der Waals surface area contributed by atoms with E-state index in [1.807, 2.05) is 0 Å². The third-order valence-corrected chi connectivity index (χ3v) is 1.80. The molecule has 0 saturated heterocycles. The number of rotatable bonds is 3. The minimum absolute atomic E-state index is 0.349. The van der Waals surface area contributed by atoms with Crippen LogP contribution >= 0.6 is 0 Å². The Morgan fingerprint density at radius 1 is 1.25 bits per heavy atom. The number of carbonyl (C=O) groups is 1. The Hall–Kier alpha value is -1.59. The first-order chi connectivity index (χ1) is 7.49. The molecule has 1 rings (SSSR count). The molecule has 0 aliphatic heterocycles. The molecule has 0 bridgehead atoms. The number of esters is 1. The zero-order valence-corrected chi connectivity index (χ0v) is 9.18. The molecule has 0 amide bonds. The molecule has 0 aliphatic rings. The van der Waals surface area contributed by atoms with Gasteiger partial charge in [0.15, 0.2) is 0 Å². The largest absolute Gasteiger partial charge is 0.488 e. The molecule has 1 aromatic rings. The first-order valence-corrected chi connectivity index (χ1v) is 4.82. The molecule has 0 heterocycles. The summed E-state index contributed by atoms with van der Waals surface area (Å²) in [5.41, 5.74) is 1.20. The summed E-state index contributed by atoms with van der Waals surface area (Å²) in [7, 11) is -1.51. The fourth-order valence-corrected chi connectivity index (χ4v) is 1.09. The molecule has 0 fully saturated rings.